The summed E-state index contributed by atoms with van der Waals surface area (Å²) in [6.45, 7) is 0. The molecule has 4 nitrogen and oxygen atoms in total. The van der Waals surface area contributed by atoms with Crippen LogP contribution in [0.1, 0.15) is 16.5 Å². The van der Waals surface area contributed by atoms with Crippen molar-refractivity contribution in [1.29, 1.82) is 0 Å². The highest BCUT2D eigenvalue weighted by Crippen LogP contribution is 2.36. The van der Waals surface area contributed by atoms with Gasteiger partial charge in [0.05, 0.1) is 16.0 Å². The average molecular weight is 380 g/mol. The summed E-state index contributed by atoms with van der Waals surface area (Å²) >= 11 is 8.64. The lowest BCUT2D eigenvalue weighted by Crippen LogP contribution is -2.28. The highest BCUT2D eigenvalue weighted by atomic mass is 79.9. The first-order valence-corrected chi connectivity index (χ1v) is 7.38. The summed E-state index contributed by atoms with van der Waals surface area (Å²) in [6, 6.07) is 2.18. The van der Waals surface area contributed by atoms with Crippen LogP contribution < -0.4 is 11.3 Å². The SMILES string of the molecule is Cn1cc(CC(NN)c2cc(Br)c(Br)s2)cn1. The number of aromatic nitrogens is 2. The smallest absolute Gasteiger partial charge is 0.0843 e. The van der Waals surface area contributed by atoms with E-state index >= 15 is 0 Å². The molecule has 1 unspecified atom stereocenters. The van der Waals surface area contributed by atoms with Gasteiger partial charge in [-0.3, -0.25) is 16.0 Å². The maximum absolute atomic E-state index is 5.62. The molecular weight excluding hydrogens is 368 g/mol. The number of hydrazine groups is 1. The van der Waals surface area contributed by atoms with Crippen LogP contribution in [0.5, 0.6) is 0 Å². The van der Waals surface area contributed by atoms with Gasteiger partial charge in [-0.05, 0) is 49.9 Å². The predicted octanol–water partition coefficient (Wildman–Crippen LogP) is 2.75. The number of halogens is 2. The number of nitrogens with one attached hydrogen (secondary N) is 1. The Labute approximate surface area is 120 Å². The normalized spacial score (nSPS) is 12.9. The Hall–Kier alpha value is -0.210. The summed E-state index contributed by atoms with van der Waals surface area (Å²) in [6.07, 6.45) is 4.69. The molecule has 0 fully saturated rings. The molecule has 0 saturated carbocycles. The van der Waals surface area contributed by atoms with E-state index in [0.717, 1.165) is 20.2 Å². The molecule has 17 heavy (non-hydrogen) atoms. The van der Waals surface area contributed by atoms with Crippen LogP contribution in [0.25, 0.3) is 0 Å². The second-order valence-corrected chi connectivity index (χ2v) is 6.97. The number of nitrogens with two attached hydrogens (primary N) is 1. The van der Waals surface area contributed by atoms with E-state index < -0.39 is 0 Å². The molecule has 1 atom stereocenters. The van der Waals surface area contributed by atoms with E-state index in [1.165, 1.54) is 4.88 Å². The fourth-order valence-corrected chi connectivity index (χ4v) is 3.74. The van der Waals surface area contributed by atoms with Gasteiger partial charge in [-0.25, -0.2) is 0 Å². The molecule has 92 valence electrons. The van der Waals surface area contributed by atoms with E-state index in [2.05, 4.69) is 48.5 Å². The van der Waals surface area contributed by atoms with Gasteiger partial charge in [-0.1, -0.05) is 0 Å². The van der Waals surface area contributed by atoms with Crippen molar-refractivity contribution in [2.75, 3.05) is 0 Å². The highest BCUT2D eigenvalue weighted by molar-refractivity contribution is 9.13. The van der Waals surface area contributed by atoms with E-state index in [4.69, 9.17) is 5.84 Å². The van der Waals surface area contributed by atoms with Crippen molar-refractivity contribution in [2.45, 2.75) is 12.5 Å². The zero-order chi connectivity index (χ0) is 12.4. The molecule has 0 radical (unpaired) electrons. The third-order valence-electron chi connectivity index (χ3n) is 2.41. The van der Waals surface area contributed by atoms with E-state index in [1.54, 1.807) is 16.0 Å². The van der Waals surface area contributed by atoms with Crippen molar-refractivity contribution in [3.63, 3.8) is 0 Å². The van der Waals surface area contributed by atoms with Crippen LogP contribution in [0.3, 0.4) is 0 Å². The maximum Gasteiger partial charge on any atom is 0.0843 e. The van der Waals surface area contributed by atoms with Gasteiger partial charge >= 0.3 is 0 Å². The Bertz CT molecular complexity index is 489. The Morgan fingerprint density at radius 1 is 1.59 bits per heavy atom. The van der Waals surface area contributed by atoms with E-state index in [9.17, 15) is 0 Å². The summed E-state index contributed by atoms with van der Waals surface area (Å²) in [5, 5.41) is 4.15. The second kappa shape index (κ2) is 5.62. The fourth-order valence-electron chi connectivity index (χ4n) is 1.59. The molecule has 0 aliphatic heterocycles. The second-order valence-electron chi connectivity index (χ2n) is 3.72. The minimum atomic E-state index is 0.104. The Kier molecular flexibility index (Phi) is 4.37. The summed E-state index contributed by atoms with van der Waals surface area (Å²) < 4.78 is 3.94. The first-order chi connectivity index (χ1) is 8.10. The molecule has 2 heterocycles. The molecule has 0 bridgehead atoms. The molecule has 3 N–H and O–H groups in total. The number of thiophene rings is 1. The van der Waals surface area contributed by atoms with Gasteiger partial charge in [0.1, 0.15) is 0 Å². The van der Waals surface area contributed by atoms with Crippen molar-refractivity contribution in [2.24, 2.45) is 12.9 Å². The number of hydrogen-bond acceptors (Lipinski definition) is 4. The molecule has 0 aromatic carbocycles. The summed E-state index contributed by atoms with van der Waals surface area (Å²) in [7, 11) is 1.91. The molecule has 2 aromatic heterocycles. The third-order valence-corrected chi connectivity index (χ3v) is 5.78. The summed E-state index contributed by atoms with van der Waals surface area (Å²) in [4.78, 5) is 1.19. The van der Waals surface area contributed by atoms with Crippen molar-refractivity contribution in [1.82, 2.24) is 15.2 Å². The first-order valence-electron chi connectivity index (χ1n) is 4.98. The summed E-state index contributed by atoms with van der Waals surface area (Å²) in [5.74, 6) is 5.62. The molecule has 0 spiro atoms. The van der Waals surface area contributed by atoms with Gasteiger partial charge in [0.25, 0.3) is 0 Å². The van der Waals surface area contributed by atoms with Gasteiger partial charge in [0.2, 0.25) is 0 Å². The Balaban J connectivity index is 2.16. The van der Waals surface area contributed by atoms with E-state index in [1.807, 2.05) is 19.4 Å². The number of hydrogen-bond donors (Lipinski definition) is 2. The Morgan fingerprint density at radius 2 is 2.35 bits per heavy atom. The lowest BCUT2D eigenvalue weighted by molar-refractivity contribution is 0.560. The minimum absolute atomic E-state index is 0.104. The van der Waals surface area contributed by atoms with Gasteiger partial charge in [-0.2, -0.15) is 5.10 Å². The van der Waals surface area contributed by atoms with Crippen LogP contribution in [0, 0.1) is 0 Å². The molecule has 0 amide bonds. The third kappa shape index (κ3) is 3.17. The molecule has 0 aliphatic carbocycles. The molecule has 7 heteroatoms. The van der Waals surface area contributed by atoms with E-state index in [0.29, 0.717) is 0 Å². The number of aryl methyl sites for hydroxylation is 1. The highest BCUT2D eigenvalue weighted by Gasteiger charge is 2.15. The summed E-state index contributed by atoms with van der Waals surface area (Å²) in [5.41, 5.74) is 4.01. The topological polar surface area (TPSA) is 55.9 Å². The zero-order valence-corrected chi connectivity index (χ0v) is 13.1. The molecule has 2 aromatic rings. The van der Waals surface area contributed by atoms with Crippen LogP contribution in [0.15, 0.2) is 26.7 Å². The van der Waals surface area contributed by atoms with Gasteiger partial charge in [-0.15, -0.1) is 11.3 Å². The molecular formula is C10H12Br2N4S. The van der Waals surface area contributed by atoms with Crippen molar-refractivity contribution in [3.8, 4) is 0 Å². The van der Waals surface area contributed by atoms with Gasteiger partial charge < -0.3 is 0 Å². The lowest BCUT2D eigenvalue weighted by Gasteiger charge is -2.12. The molecule has 2 rings (SSSR count). The quantitative estimate of drug-likeness (QED) is 0.634. The first kappa shape index (κ1) is 13.2. The van der Waals surface area contributed by atoms with Gasteiger partial charge in [0, 0.05) is 22.6 Å². The monoisotopic (exact) mass is 378 g/mol. The maximum atomic E-state index is 5.62. The average Bonchev–Trinajstić information content (AvgIpc) is 2.83. The zero-order valence-electron chi connectivity index (χ0n) is 9.15. The van der Waals surface area contributed by atoms with Crippen LogP contribution in [0.4, 0.5) is 0 Å². The molecule has 0 saturated heterocycles. The standard InChI is InChI=1S/C10H12Br2N4S/c1-16-5-6(4-14-16)2-8(15-13)9-3-7(11)10(12)17-9/h3-5,8,15H,2,13H2,1H3. The number of rotatable bonds is 4. The van der Waals surface area contributed by atoms with Crippen molar-refractivity contribution >= 4 is 43.2 Å². The van der Waals surface area contributed by atoms with Crippen LogP contribution >= 0.6 is 43.2 Å². The molecule has 0 aliphatic rings. The van der Waals surface area contributed by atoms with Crippen LogP contribution in [0.2, 0.25) is 0 Å². The number of nitrogens with zero attached hydrogens (tertiary/aromatic N) is 2. The largest absolute Gasteiger partial charge is 0.276 e. The van der Waals surface area contributed by atoms with Crippen LogP contribution in [-0.2, 0) is 13.5 Å². The van der Waals surface area contributed by atoms with Crippen molar-refractivity contribution < 1.29 is 0 Å². The lowest BCUT2D eigenvalue weighted by atomic mass is 10.1. The predicted molar refractivity (Wildman–Crippen MR) is 76.7 cm³/mol. The van der Waals surface area contributed by atoms with E-state index in [-0.39, 0.29) is 6.04 Å². The minimum Gasteiger partial charge on any atom is -0.276 e. The van der Waals surface area contributed by atoms with Crippen LogP contribution in [-0.4, -0.2) is 9.78 Å². The Morgan fingerprint density at radius 3 is 2.82 bits per heavy atom. The fraction of sp³-hybridized carbons (Fsp3) is 0.300. The van der Waals surface area contributed by atoms with Crippen molar-refractivity contribution in [3.05, 3.63) is 37.2 Å². The van der Waals surface area contributed by atoms with Gasteiger partial charge in [0.15, 0.2) is 0 Å².